The standard InChI is InChI=1S/C11H12FN3O/c1-7-14-3-4-15(7)10-6-11(16-2)9(13)5-8(10)12/h3-6H,13H2,1-2H3. The summed E-state index contributed by atoms with van der Waals surface area (Å²) in [4.78, 5) is 4.04. The molecule has 0 unspecified atom stereocenters. The number of nitrogens with two attached hydrogens (primary N) is 1. The number of rotatable bonds is 2. The van der Waals surface area contributed by atoms with Crippen molar-refractivity contribution in [3.8, 4) is 11.4 Å². The van der Waals surface area contributed by atoms with Crippen molar-refractivity contribution in [1.82, 2.24) is 9.55 Å². The number of aryl methyl sites for hydroxylation is 1. The van der Waals surface area contributed by atoms with Crippen molar-refractivity contribution in [3.63, 3.8) is 0 Å². The lowest BCUT2D eigenvalue weighted by Gasteiger charge is -2.10. The van der Waals surface area contributed by atoms with Crippen molar-refractivity contribution in [2.24, 2.45) is 0 Å². The zero-order chi connectivity index (χ0) is 11.7. The van der Waals surface area contributed by atoms with Crippen LogP contribution in [0.25, 0.3) is 5.69 Å². The van der Waals surface area contributed by atoms with Gasteiger partial charge in [-0.05, 0) is 6.92 Å². The quantitative estimate of drug-likeness (QED) is 0.788. The van der Waals surface area contributed by atoms with Crippen molar-refractivity contribution >= 4 is 5.69 Å². The fraction of sp³-hybridized carbons (Fsp3) is 0.182. The maximum atomic E-state index is 13.7. The fourth-order valence-electron chi connectivity index (χ4n) is 1.55. The Morgan fingerprint density at radius 2 is 2.19 bits per heavy atom. The number of methoxy groups -OCH3 is 1. The van der Waals surface area contributed by atoms with Gasteiger partial charge in [-0.25, -0.2) is 9.37 Å². The average Bonchev–Trinajstić information content (AvgIpc) is 2.65. The number of ether oxygens (including phenoxy) is 1. The van der Waals surface area contributed by atoms with E-state index in [0.29, 0.717) is 17.3 Å². The van der Waals surface area contributed by atoms with Gasteiger partial charge >= 0.3 is 0 Å². The Morgan fingerprint density at radius 1 is 1.44 bits per heavy atom. The van der Waals surface area contributed by atoms with E-state index >= 15 is 0 Å². The van der Waals surface area contributed by atoms with Gasteiger partial charge in [-0.1, -0.05) is 0 Å². The first-order valence-corrected chi connectivity index (χ1v) is 4.77. The first-order chi connectivity index (χ1) is 7.63. The normalized spacial score (nSPS) is 10.4. The van der Waals surface area contributed by atoms with E-state index in [4.69, 9.17) is 10.5 Å². The van der Waals surface area contributed by atoms with Gasteiger partial charge < -0.3 is 15.0 Å². The summed E-state index contributed by atoms with van der Waals surface area (Å²) in [6.07, 6.45) is 3.29. The van der Waals surface area contributed by atoms with E-state index in [-0.39, 0.29) is 5.69 Å². The van der Waals surface area contributed by atoms with Crippen LogP contribution in [0.3, 0.4) is 0 Å². The number of aromatic nitrogens is 2. The Morgan fingerprint density at radius 3 is 2.75 bits per heavy atom. The third-order valence-electron chi connectivity index (χ3n) is 2.38. The summed E-state index contributed by atoms with van der Waals surface area (Å²) in [5.41, 5.74) is 6.26. The molecule has 0 amide bonds. The number of halogens is 1. The molecule has 2 N–H and O–H groups in total. The minimum Gasteiger partial charge on any atom is -0.495 e. The van der Waals surface area contributed by atoms with Crippen molar-refractivity contribution in [3.05, 3.63) is 36.2 Å². The highest BCUT2D eigenvalue weighted by molar-refractivity contribution is 5.58. The topological polar surface area (TPSA) is 53.1 Å². The molecular weight excluding hydrogens is 209 g/mol. The number of nitrogen functional groups attached to an aromatic ring is 1. The van der Waals surface area contributed by atoms with Crippen molar-refractivity contribution in [1.29, 1.82) is 0 Å². The summed E-state index contributed by atoms with van der Waals surface area (Å²) in [6.45, 7) is 1.79. The van der Waals surface area contributed by atoms with Gasteiger partial charge in [0.15, 0.2) is 0 Å². The zero-order valence-electron chi connectivity index (χ0n) is 9.07. The fourth-order valence-corrected chi connectivity index (χ4v) is 1.55. The lowest BCUT2D eigenvalue weighted by atomic mass is 10.2. The zero-order valence-corrected chi connectivity index (χ0v) is 9.07. The minimum absolute atomic E-state index is 0.279. The van der Waals surface area contributed by atoms with Gasteiger partial charge in [-0.2, -0.15) is 0 Å². The molecule has 0 fully saturated rings. The van der Waals surface area contributed by atoms with Crippen LogP contribution < -0.4 is 10.5 Å². The number of benzene rings is 1. The molecule has 84 valence electrons. The van der Waals surface area contributed by atoms with Crippen LogP contribution >= 0.6 is 0 Å². The first-order valence-electron chi connectivity index (χ1n) is 4.77. The second kappa shape index (κ2) is 3.84. The van der Waals surface area contributed by atoms with Gasteiger partial charge in [-0.3, -0.25) is 0 Å². The molecule has 0 saturated carbocycles. The van der Waals surface area contributed by atoms with E-state index in [0.717, 1.165) is 0 Å². The highest BCUT2D eigenvalue weighted by Crippen LogP contribution is 2.27. The van der Waals surface area contributed by atoms with E-state index in [2.05, 4.69) is 4.98 Å². The molecule has 16 heavy (non-hydrogen) atoms. The number of anilines is 1. The van der Waals surface area contributed by atoms with Crippen molar-refractivity contribution < 1.29 is 9.13 Å². The van der Waals surface area contributed by atoms with E-state index in [1.54, 1.807) is 30.0 Å². The van der Waals surface area contributed by atoms with Crippen LogP contribution in [0.5, 0.6) is 5.75 Å². The smallest absolute Gasteiger partial charge is 0.149 e. The van der Waals surface area contributed by atoms with Gasteiger partial charge in [0, 0.05) is 24.5 Å². The molecule has 0 saturated heterocycles. The van der Waals surface area contributed by atoms with E-state index in [1.807, 2.05) is 0 Å². The average molecular weight is 221 g/mol. The van der Waals surface area contributed by atoms with Crippen LogP contribution in [0.15, 0.2) is 24.5 Å². The Labute approximate surface area is 92.5 Å². The van der Waals surface area contributed by atoms with Gasteiger partial charge in [0.2, 0.25) is 0 Å². The van der Waals surface area contributed by atoms with Gasteiger partial charge in [0.1, 0.15) is 17.4 Å². The van der Waals surface area contributed by atoms with Crippen molar-refractivity contribution in [2.75, 3.05) is 12.8 Å². The van der Waals surface area contributed by atoms with Gasteiger partial charge in [0.25, 0.3) is 0 Å². The van der Waals surface area contributed by atoms with Crippen LogP contribution in [0, 0.1) is 12.7 Å². The Kier molecular flexibility index (Phi) is 2.52. The second-order valence-electron chi connectivity index (χ2n) is 3.39. The van der Waals surface area contributed by atoms with Crippen molar-refractivity contribution in [2.45, 2.75) is 6.92 Å². The van der Waals surface area contributed by atoms with Crippen LogP contribution in [0.2, 0.25) is 0 Å². The molecule has 2 aromatic rings. The number of imidazole rings is 1. The summed E-state index contributed by atoms with van der Waals surface area (Å²) in [5, 5.41) is 0. The molecule has 5 heteroatoms. The highest BCUT2D eigenvalue weighted by atomic mass is 19.1. The summed E-state index contributed by atoms with van der Waals surface area (Å²) < 4.78 is 20.4. The van der Waals surface area contributed by atoms with E-state index in [1.165, 1.54) is 13.2 Å². The van der Waals surface area contributed by atoms with Crippen LogP contribution in [0.4, 0.5) is 10.1 Å². The number of nitrogens with zero attached hydrogens (tertiary/aromatic N) is 2. The van der Waals surface area contributed by atoms with Gasteiger partial charge in [0.05, 0.1) is 18.5 Å². The molecule has 2 rings (SSSR count). The highest BCUT2D eigenvalue weighted by Gasteiger charge is 2.11. The second-order valence-corrected chi connectivity index (χ2v) is 3.39. The molecule has 1 aromatic heterocycles. The molecule has 0 atom stereocenters. The molecule has 0 aliphatic carbocycles. The van der Waals surface area contributed by atoms with E-state index < -0.39 is 5.82 Å². The van der Waals surface area contributed by atoms with E-state index in [9.17, 15) is 4.39 Å². The maximum Gasteiger partial charge on any atom is 0.149 e. The Bertz CT molecular complexity index is 522. The third-order valence-corrected chi connectivity index (χ3v) is 2.38. The number of hydrogen-bond donors (Lipinski definition) is 1. The monoisotopic (exact) mass is 221 g/mol. The third kappa shape index (κ3) is 1.60. The SMILES string of the molecule is COc1cc(-n2ccnc2C)c(F)cc1N. The molecule has 1 heterocycles. The van der Waals surface area contributed by atoms with Crippen LogP contribution in [0.1, 0.15) is 5.82 Å². The number of hydrogen-bond acceptors (Lipinski definition) is 3. The Hall–Kier alpha value is -2.04. The van der Waals surface area contributed by atoms with Crippen LogP contribution in [-0.4, -0.2) is 16.7 Å². The molecule has 1 aromatic carbocycles. The minimum atomic E-state index is -0.403. The summed E-state index contributed by atoms with van der Waals surface area (Å²) in [5.74, 6) is 0.745. The Balaban J connectivity index is 2.61. The molecule has 0 radical (unpaired) electrons. The molecule has 0 aliphatic heterocycles. The molecule has 0 spiro atoms. The molecule has 0 bridgehead atoms. The summed E-state index contributed by atoms with van der Waals surface area (Å²) >= 11 is 0. The summed E-state index contributed by atoms with van der Waals surface area (Å²) in [7, 11) is 1.49. The predicted molar refractivity (Wildman–Crippen MR) is 59.2 cm³/mol. The molecular formula is C11H12FN3O. The summed E-state index contributed by atoms with van der Waals surface area (Å²) in [6, 6.07) is 2.80. The lowest BCUT2D eigenvalue weighted by Crippen LogP contribution is -2.02. The molecule has 4 nitrogen and oxygen atoms in total. The predicted octanol–water partition coefficient (Wildman–Crippen LogP) is 1.91. The maximum absolute atomic E-state index is 13.7. The first kappa shape index (κ1) is 10.5. The van der Waals surface area contributed by atoms with Gasteiger partial charge in [-0.15, -0.1) is 0 Å². The molecule has 0 aliphatic rings. The van der Waals surface area contributed by atoms with Crippen LogP contribution in [-0.2, 0) is 0 Å². The largest absolute Gasteiger partial charge is 0.495 e. The lowest BCUT2D eigenvalue weighted by molar-refractivity contribution is 0.415.